The van der Waals surface area contributed by atoms with Crippen LogP contribution in [-0.4, -0.2) is 22.6 Å². The molecule has 0 saturated heterocycles. The van der Waals surface area contributed by atoms with Crippen molar-refractivity contribution in [1.29, 1.82) is 0 Å². The monoisotopic (exact) mass is 403 g/mol. The van der Waals surface area contributed by atoms with Crippen molar-refractivity contribution in [2.75, 3.05) is 0 Å². The van der Waals surface area contributed by atoms with Crippen molar-refractivity contribution in [2.45, 2.75) is 26.1 Å². The van der Waals surface area contributed by atoms with E-state index in [1.807, 2.05) is 44.2 Å². The highest BCUT2D eigenvalue weighted by atomic mass is 79.9. The third-order valence-electron chi connectivity index (χ3n) is 3.74. The van der Waals surface area contributed by atoms with Gasteiger partial charge in [-0.3, -0.25) is 4.84 Å². The third-order valence-corrected chi connectivity index (χ3v) is 3.74. The fourth-order valence-corrected chi connectivity index (χ4v) is 2.58. The van der Waals surface area contributed by atoms with Crippen LogP contribution in [0.2, 0.25) is 0 Å². The van der Waals surface area contributed by atoms with Crippen LogP contribution in [-0.2, 0) is 11.4 Å². The van der Waals surface area contributed by atoms with Gasteiger partial charge in [-0.15, -0.1) is 17.0 Å². The lowest BCUT2D eigenvalue weighted by molar-refractivity contribution is -0.166. The van der Waals surface area contributed by atoms with Gasteiger partial charge in [0, 0.05) is 0 Å². The Hall–Kier alpha value is -2.38. The summed E-state index contributed by atoms with van der Waals surface area (Å²) in [5.41, 5.74) is 14.2. The van der Waals surface area contributed by atoms with Crippen LogP contribution < -0.4 is 11.5 Å². The van der Waals surface area contributed by atoms with E-state index in [2.05, 4.69) is 34.3 Å². The van der Waals surface area contributed by atoms with Gasteiger partial charge in [-0.05, 0) is 30.5 Å². The van der Waals surface area contributed by atoms with E-state index >= 15 is 0 Å². The highest BCUT2D eigenvalue weighted by molar-refractivity contribution is 8.93. The lowest BCUT2D eigenvalue weighted by Crippen LogP contribution is -2.53. The Morgan fingerprint density at radius 2 is 1.56 bits per heavy atom. The summed E-state index contributed by atoms with van der Waals surface area (Å²) in [4.78, 5) is 14.0. The van der Waals surface area contributed by atoms with Gasteiger partial charge < -0.3 is 11.5 Å². The fourth-order valence-electron chi connectivity index (χ4n) is 2.58. The van der Waals surface area contributed by atoms with E-state index in [0.29, 0.717) is 6.61 Å². The zero-order chi connectivity index (χ0) is 17.2. The van der Waals surface area contributed by atoms with Crippen LogP contribution in [0.15, 0.2) is 64.6 Å². The summed E-state index contributed by atoms with van der Waals surface area (Å²) in [5, 5.41) is 1.48. The first-order valence-electron chi connectivity index (χ1n) is 7.73. The molecule has 25 heavy (non-hydrogen) atoms. The number of hydroxylamine groups is 2. The molecule has 2 aromatic rings. The highest BCUT2D eigenvalue weighted by Crippen LogP contribution is 2.22. The zero-order valence-electron chi connectivity index (χ0n) is 14.2. The Morgan fingerprint density at radius 3 is 2.16 bits per heavy atom. The molecule has 0 bridgehead atoms. The number of benzene rings is 2. The summed E-state index contributed by atoms with van der Waals surface area (Å²) >= 11 is 0. The maximum Gasteiger partial charge on any atom is 0.226 e. The molecule has 7 heteroatoms. The first-order valence-corrected chi connectivity index (χ1v) is 7.73. The molecule has 1 aliphatic heterocycles. The van der Waals surface area contributed by atoms with Crippen molar-refractivity contribution < 1.29 is 4.84 Å². The molecule has 3 rings (SSSR count). The quantitative estimate of drug-likeness (QED) is 0.820. The fraction of sp³-hybridized carbons (Fsp3) is 0.222. The minimum atomic E-state index is -0.695. The summed E-state index contributed by atoms with van der Waals surface area (Å²) in [6, 6.07) is 18.4. The third kappa shape index (κ3) is 4.37. The van der Waals surface area contributed by atoms with Crippen molar-refractivity contribution in [3.05, 3.63) is 60.2 Å². The van der Waals surface area contributed by atoms with Gasteiger partial charge in [0.2, 0.25) is 11.9 Å². The van der Waals surface area contributed by atoms with E-state index in [9.17, 15) is 0 Å². The van der Waals surface area contributed by atoms with Gasteiger partial charge in [0.15, 0.2) is 5.66 Å². The van der Waals surface area contributed by atoms with Gasteiger partial charge in [-0.1, -0.05) is 54.6 Å². The summed E-state index contributed by atoms with van der Waals surface area (Å²) < 4.78 is 0. The molecule has 0 unspecified atom stereocenters. The maximum atomic E-state index is 5.90. The second kappa shape index (κ2) is 7.67. The molecule has 4 N–H and O–H groups in total. The number of rotatable bonds is 4. The zero-order valence-corrected chi connectivity index (χ0v) is 15.9. The second-order valence-electron chi connectivity index (χ2n) is 6.07. The number of hydrogen-bond acceptors (Lipinski definition) is 6. The average molecular weight is 404 g/mol. The smallest absolute Gasteiger partial charge is 0.226 e. The molecule has 0 spiro atoms. The lowest BCUT2D eigenvalue weighted by Gasteiger charge is -2.36. The van der Waals surface area contributed by atoms with Gasteiger partial charge in [0.1, 0.15) is 6.61 Å². The van der Waals surface area contributed by atoms with Gasteiger partial charge in [0.25, 0.3) is 0 Å². The van der Waals surface area contributed by atoms with Crippen LogP contribution in [0.1, 0.15) is 19.4 Å². The van der Waals surface area contributed by atoms with E-state index in [4.69, 9.17) is 16.3 Å². The van der Waals surface area contributed by atoms with Gasteiger partial charge in [-0.2, -0.15) is 10.1 Å². The minimum absolute atomic E-state index is 0. The molecule has 2 aromatic carbocycles. The van der Waals surface area contributed by atoms with Gasteiger partial charge in [0.05, 0.1) is 0 Å². The number of aliphatic imine (C=N–C) groups is 2. The van der Waals surface area contributed by atoms with Gasteiger partial charge >= 0.3 is 0 Å². The number of nitrogens with zero attached hydrogens (tertiary/aromatic N) is 3. The van der Waals surface area contributed by atoms with Crippen LogP contribution in [0, 0.1) is 0 Å². The number of nitrogens with two attached hydrogens (primary N) is 2. The predicted molar refractivity (Wildman–Crippen MR) is 106 cm³/mol. The molecule has 0 atom stereocenters. The molecular weight excluding hydrogens is 382 g/mol. The molecule has 0 radical (unpaired) electrons. The predicted octanol–water partition coefficient (Wildman–Crippen LogP) is 3.04. The van der Waals surface area contributed by atoms with Crippen molar-refractivity contribution in [3.8, 4) is 11.1 Å². The minimum Gasteiger partial charge on any atom is -0.368 e. The molecule has 0 fully saturated rings. The second-order valence-corrected chi connectivity index (χ2v) is 6.07. The molecular formula is C18H22BrN5O. The molecule has 1 heterocycles. The maximum absolute atomic E-state index is 5.90. The molecule has 132 valence electrons. The van der Waals surface area contributed by atoms with E-state index in [1.54, 1.807) is 0 Å². The van der Waals surface area contributed by atoms with Crippen molar-refractivity contribution >= 4 is 28.9 Å². The summed E-state index contributed by atoms with van der Waals surface area (Å²) in [6.45, 7) is 4.09. The Bertz CT molecular complexity index is 772. The number of hydrogen-bond donors (Lipinski definition) is 2. The van der Waals surface area contributed by atoms with E-state index < -0.39 is 5.66 Å². The van der Waals surface area contributed by atoms with Crippen molar-refractivity contribution in [3.63, 3.8) is 0 Å². The summed E-state index contributed by atoms with van der Waals surface area (Å²) in [7, 11) is 0. The van der Waals surface area contributed by atoms with Crippen LogP contribution in [0.25, 0.3) is 11.1 Å². The van der Waals surface area contributed by atoms with E-state index in [1.165, 1.54) is 10.6 Å². The Labute approximate surface area is 157 Å². The van der Waals surface area contributed by atoms with E-state index in [-0.39, 0.29) is 28.9 Å². The molecule has 0 aromatic heterocycles. The van der Waals surface area contributed by atoms with Crippen molar-refractivity contribution in [1.82, 2.24) is 5.06 Å². The average Bonchev–Trinajstić information content (AvgIpc) is 2.54. The molecule has 0 saturated carbocycles. The topological polar surface area (TPSA) is 89.2 Å². The normalized spacial score (nSPS) is 15.8. The molecule has 1 aliphatic rings. The van der Waals surface area contributed by atoms with Crippen LogP contribution >= 0.6 is 17.0 Å². The molecule has 0 aliphatic carbocycles. The standard InChI is InChI=1S/C18H21N5O.BrH/c1-18(2)22-16(19)21-17(20)23(18)24-12-13-8-10-15(11-9-13)14-6-4-3-5-7-14;/h3-11H,12H2,1-2H3,(H4,19,20,21,22);1H. The van der Waals surface area contributed by atoms with Crippen LogP contribution in [0.5, 0.6) is 0 Å². The Morgan fingerprint density at radius 1 is 0.960 bits per heavy atom. The largest absolute Gasteiger partial charge is 0.368 e. The molecule has 6 nitrogen and oxygen atoms in total. The van der Waals surface area contributed by atoms with Crippen LogP contribution in [0.3, 0.4) is 0 Å². The Kier molecular flexibility index (Phi) is 5.81. The SMILES string of the molecule is Br.CC1(C)N=C(N)N=C(N)N1OCc1ccc(-c2ccccc2)cc1. The van der Waals surface area contributed by atoms with Gasteiger partial charge in [-0.25, -0.2) is 4.99 Å². The molecule has 0 amide bonds. The summed E-state index contributed by atoms with van der Waals surface area (Å²) in [6.07, 6.45) is 0. The highest BCUT2D eigenvalue weighted by Gasteiger charge is 2.33. The first kappa shape index (κ1) is 19.0. The number of guanidine groups is 2. The Balaban J connectivity index is 0.00000225. The van der Waals surface area contributed by atoms with Crippen molar-refractivity contribution in [2.24, 2.45) is 21.5 Å². The lowest BCUT2D eigenvalue weighted by atomic mass is 10.0. The van der Waals surface area contributed by atoms with Crippen LogP contribution in [0.4, 0.5) is 0 Å². The van der Waals surface area contributed by atoms with E-state index in [0.717, 1.165) is 11.1 Å². The summed E-state index contributed by atoms with van der Waals surface area (Å²) in [5.74, 6) is 0.359. The first-order chi connectivity index (χ1) is 11.5. The number of halogens is 1.